The molecule has 0 aromatic carbocycles. The van der Waals surface area contributed by atoms with E-state index >= 15 is 0 Å². The predicted octanol–water partition coefficient (Wildman–Crippen LogP) is 0.850. The van der Waals surface area contributed by atoms with Crippen molar-refractivity contribution in [3.8, 4) is 0 Å². The second-order valence-corrected chi connectivity index (χ2v) is 4.77. The predicted molar refractivity (Wildman–Crippen MR) is 73.4 cm³/mol. The average Bonchev–Trinajstić information content (AvgIpc) is 2.97. The van der Waals surface area contributed by atoms with Crippen molar-refractivity contribution < 1.29 is 4.79 Å². The molecule has 0 bridgehead atoms. The van der Waals surface area contributed by atoms with E-state index in [1.807, 2.05) is 10.9 Å². The van der Waals surface area contributed by atoms with Gasteiger partial charge in [-0.1, -0.05) is 0 Å². The van der Waals surface area contributed by atoms with E-state index in [4.69, 9.17) is 0 Å². The van der Waals surface area contributed by atoms with E-state index in [9.17, 15) is 4.79 Å². The lowest BCUT2D eigenvalue weighted by Gasteiger charge is -2.22. The average molecular weight is 272 g/mol. The molecule has 1 aliphatic heterocycles. The molecule has 1 amide bonds. The number of carbonyl (C=O) groups excluding carboxylic acids is 1. The highest BCUT2D eigenvalue weighted by Crippen LogP contribution is 2.19. The standard InChI is InChI=1S/C13H16N6O/c20-13(10-5-15-9-16-6-10)18-11-7-17-19(8-11)12-1-3-14-4-2-12/h5-9,12,14H,1-4H2,(H,18,20). The summed E-state index contributed by atoms with van der Waals surface area (Å²) < 4.78 is 1.93. The van der Waals surface area contributed by atoms with Crippen LogP contribution in [0, 0.1) is 0 Å². The van der Waals surface area contributed by atoms with E-state index < -0.39 is 0 Å². The van der Waals surface area contributed by atoms with E-state index in [-0.39, 0.29) is 5.91 Å². The smallest absolute Gasteiger partial charge is 0.258 e. The summed E-state index contributed by atoms with van der Waals surface area (Å²) in [5.74, 6) is -0.226. The number of aromatic nitrogens is 4. The van der Waals surface area contributed by atoms with Crippen molar-refractivity contribution in [3.63, 3.8) is 0 Å². The molecule has 0 unspecified atom stereocenters. The Morgan fingerprint density at radius 1 is 1.25 bits per heavy atom. The molecule has 7 heteroatoms. The maximum Gasteiger partial charge on any atom is 0.258 e. The SMILES string of the molecule is O=C(Nc1cnn(C2CCNCC2)c1)c1cncnc1. The zero-order valence-corrected chi connectivity index (χ0v) is 11.0. The Kier molecular flexibility index (Phi) is 3.69. The number of rotatable bonds is 3. The molecular weight excluding hydrogens is 256 g/mol. The lowest BCUT2D eigenvalue weighted by molar-refractivity contribution is 0.102. The van der Waals surface area contributed by atoms with Crippen LogP contribution in [0.4, 0.5) is 5.69 Å². The number of piperidine rings is 1. The van der Waals surface area contributed by atoms with E-state index in [2.05, 4.69) is 25.7 Å². The van der Waals surface area contributed by atoms with Crippen LogP contribution in [0.1, 0.15) is 29.2 Å². The van der Waals surface area contributed by atoms with Crippen LogP contribution in [0.3, 0.4) is 0 Å². The summed E-state index contributed by atoms with van der Waals surface area (Å²) in [6.45, 7) is 2.02. The fourth-order valence-corrected chi connectivity index (χ4v) is 2.29. The molecule has 1 saturated heterocycles. The third-order valence-electron chi connectivity index (χ3n) is 3.36. The Balaban J connectivity index is 1.66. The van der Waals surface area contributed by atoms with Crippen molar-refractivity contribution in [2.75, 3.05) is 18.4 Å². The third kappa shape index (κ3) is 2.83. The van der Waals surface area contributed by atoms with Crippen molar-refractivity contribution in [1.82, 2.24) is 25.1 Å². The molecule has 104 valence electrons. The fourth-order valence-electron chi connectivity index (χ4n) is 2.29. The normalized spacial score (nSPS) is 16.0. The number of hydrogen-bond acceptors (Lipinski definition) is 5. The number of hydrogen-bond donors (Lipinski definition) is 2. The van der Waals surface area contributed by atoms with Gasteiger partial charge in [-0.25, -0.2) is 9.97 Å². The van der Waals surface area contributed by atoms with Crippen LogP contribution >= 0.6 is 0 Å². The van der Waals surface area contributed by atoms with E-state index in [0.29, 0.717) is 17.3 Å². The van der Waals surface area contributed by atoms with Gasteiger partial charge in [0.15, 0.2) is 0 Å². The fraction of sp³-hybridized carbons (Fsp3) is 0.385. The summed E-state index contributed by atoms with van der Waals surface area (Å²) in [7, 11) is 0. The van der Waals surface area contributed by atoms with Gasteiger partial charge in [-0.15, -0.1) is 0 Å². The topological polar surface area (TPSA) is 84.7 Å². The maximum absolute atomic E-state index is 12.0. The van der Waals surface area contributed by atoms with Crippen LogP contribution in [-0.4, -0.2) is 38.7 Å². The van der Waals surface area contributed by atoms with Crippen LogP contribution in [0.15, 0.2) is 31.1 Å². The molecule has 1 aliphatic rings. The van der Waals surface area contributed by atoms with Crippen LogP contribution < -0.4 is 10.6 Å². The summed E-state index contributed by atoms with van der Waals surface area (Å²) >= 11 is 0. The van der Waals surface area contributed by atoms with Gasteiger partial charge in [0.25, 0.3) is 5.91 Å². The van der Waals surface area contributed by atoms with Crippen LogP contribution in [0.2, 0.25) is 0 Å². The maximum atomic E-state index is 12.0. The van der Waals surface area contributed by atoms with Crippen molar-refractivity contribution >= 4 is 11.6 Å². The molecule has 2 N–H and O–H groups in total. The highest BCUT2D eigenvalue weighted by Gasteiger charge is 2.16. The number of anilines is 1. The summed E-state index contributed by atoms with van der Waals surface area (Å²) in [4.78, 5) is 19.6. The molecule has 1 fully saturated rings. The zero-order chi connectivity index (χ0) is 13.8. The van der Waals surface area contributed by atoms with E-state index in [1.54, 1.807) is 6.20 Å². The first-order chi connectivity index (χ1) is 9.83. The number of nitrogens with one attached hydrogen (secondary N) is 2. The molecule has 20 heavy (non-hydrogen) atoms. The van der Waals surface area contributed by atoms with Crippen molar-refractivity contribution in [2.45, 2.75) is 18.9 Å². The van der Waals surface area contributed by atoms with E-state index in [0.717, 1.165) is 25.9 Å². The summed E-state index contributed by atoms with van der Waals surface area (Å²) in [5.41, 5.74) is 1.12. The summed E-state index contributed by atoms with van der Waals surface area (Å²) in [6.07, 6.45) is 10.0. The van der Waals surface area contributed by atoms with Gasteiger partial charge in [0.1, 0.15) is 6.33 Å². The molecule has 3 rings (SSSR count). The Bertz CT molecular complexity index is 576. The number of amides is 1. The minimum atomic E-state index is -0.226. The van der Waals surface area contributed by atoms with Crippen LogP contribution in [0.25, 0.3) is 0 Å². The molecule has 0 aliphatic carbocycles. The highest BCUT2D eigenvalue weighted by molar-refractivity contribution is 6.03. The molecule has 2 aromatic heterocycles. The van der Waals surface area contributed by atoms with Crippen molar-refractivity contribution in [3.05, 3.63) is 36.7 Å². The minimum Gasteiger partial charge on any atom is -0.319 e. The molecule has 3 heterocycles. The lowest BCUT2D eigenvalue weighted by atomic mass is 10.1. The zero-order valence-electron chi connectivity index (χ0n) is 11.0. The molecule has 7 nitrogen and oxygen atoms in total. The number of nitrogens with zero attached hydrogens (tertiary/aromatic N) is 4. The molecule has 0 saturated carbocycles. The van der Waals surface area contributed by atoms with Crippen LogP contribution in [-0.2, 0) is 0 Å². The first kappa shape index (κ1) is 12.7. The monoisotopic (exact) mass is 272 g/mol. The Labute approximate surface area is 116 Å². The van der Waals surface area contributed by atoms with E-state index in [1.165, 1.54) is 18.7 Å². The second-order valence-electron chi connectivity index (χ2n) is 4.77. The Morgan fingerprint density at radius 2 is 2.00 bits per heavy atom. The van der Waals surface area contributed by atoms with Gasteiger partial charge in [-0.2, -0.15) is 5.10 Å². The van der Waals surface area contributed by atoms with Gasteiger partial charge in [-0.3, -0.25) is 9.48 Å². The molecule has 0 spiro atoms. The minimum absolute atomic E-state index is 0.226. The van der Waals surface area contributed by atoms with Gasteiger partial charge >= 0.3 is 0 Å². The van der Waals surface area contributed by atoms with Gasteiger partial charge in [-0.05, 0) is 25.9 Å². The quantitative estimate of drug-likeness (QED) is 0.865. The first-order valence-corrected chi connectivity index (χ1v) is 6.64. The third-order valence-corrected chi connectivity index (χ3v) is 3.36. The van der Waals surface area contributed by atoms with Crippen LogP contribution in [0.5, 0.6) is 0 Å². The van der Waals surface area contributed by atoms with Crippen molar-refractivity contribution in [2.24, 2.45) is 0 Å². The largest absolute Gasteiger partial charge is 0.319 e. The summed E-state index contributed by atoms with van der Waals surface area (Å²) in [6, 6.07) is 0.405. The van der Waals surface area contributed by atoms with Gasteiger partial charge < -0.3 is 10.6 Å². The summed E-state index contributed by atoms with van der Waals surface area (Å²) in [5, 5.41) is 10.4. The van der Waals surface area contributed by atoms with Gasteiger partial charge in [0.05, 0.1) is 23.5 Å². The molecule has 0 atom stereocenters. The molecule has 2 aromatic rings. The molecule has 0 radical (unpaired) electrons. The van der Waals surface area contributed by atoms with Crippen molar-refractivity contribution in [1.29, 1.82) is 0 Å². The first-order valence-electron chi connectivity index (χ1n) is 6.64. The lowest BCUT2D eigenvalue weighted by Crippen LogP contribution is -2.29. The highest BCUT2D eigenvalue weighted by atomic mass is 16.1. The Hall–Kier alpha value is -2.28. The molecular formula is C13H16N6O. The number of carbonyl (C=O) groups is 1. The second kappa shape index (κ2) is 5.79. The van der Waals surface area contributed by atoms with Gasteiger partial charge in [0, 0.05) is 18.6 Å². The Morgan fingerprint density at radius 3 is 2.75 bits per heavy atom. The van der Waals surface area contributed by atoms with Gasteiger partial charge in [0.2, 0.25) is 0 Å².